The van der Waals surface area contributed by atoms with Crippen LogP contribution in [-0.4, -0.2) is 55.2 Å². The zero-order valence-corrected chi connectivity index (χ0v) is 20.0. The highest BCUT2D eigenvalue weighted by Crippen LogP contribution is 2.33. The lowest BCUT2D eigenvalue weighted by Crippen LogP contribution is -2.44. The van der Waals surface area contributed by atoms with Crippen LogP contribution in [0.25, 0.3) is 0 Å². The highest BCUT2D eigenvalue weighted by molar-refractivity contribution is 7.97. The Kier molecular flexibility index (Phi) is 8.55. The molecule has 1 saturated heterocycles. The summed E-state index contributed by atoms with van der Waals surface area (Å²) in [6.45, 7) is 2.45. The van der Waals surface area contributed by atoms with Gasteiger partial charge in [-0.3, -0.25) is 14.4 Å². The third kappa shape index (κ3) is 5.62. The fourth-order valence-electron chi connectivity index (χ4n) is 3.33. The van der Waals surface area contributed by atoms with Gasteiger partial charge in [0.2, 0.25) is 0 Å². The minimum absolute atomic E-state index is 0.0198. The largest absolute Gasteiger partial charge is 0.468 e. The number of thiophene rings is 1. The number of amides is 2. The molecule has 0 saturated carbocycles. The van der Waals surface area contributed by atoms with Crippen molar-refractivity contribution >= 4 is 58.4 Å². The molecule has 1 fully saturated rings. The number of rotatable bonds is 9. The molecule has 2 aromatic rings. The topological polar surface area (TPSA) is 108 Å². The van der Waals surface area contributed by atoms with Gasteiger partial charge in [-0.2, -0.15) is 0 Å². The lowest BCUT2D eigenvalue weighted by atomic mass is 10.1. The molecule has 2 atom stereocenters. The Morgan fingerprint density at radius 3 is 2.75 bits per heavy atom. The Bertz CT molecular complexity index is 1000. The molecule has 1 aliphatic rings. The van der Waals surface area contributed by atoms with Gasteiger partial charge in [0.15, 0.2) is 0 Å². The number of benzene rings is 1. The van der Waals surface area contributed by atoms with Gasteiger partial charge in [-0.15, -0.1) is 11.3 Å². The Balaban J connectivity index is 1.70. The van der Waals surface area contributed by atoms with Crippen LogP contribution < -0.4 is 14.9 Å². The number of anilines is 1. The van der Waals surface area contributed by atoms with Crippen LogP contribution in [-0.2, 0) is 20.7 Å². The standard InChI is InChI=1S/C21H24ClN3O5S2/c1-3-12-14(25-10-9-15(26)20(25)28)5-4-6-16(12)32-24-13(21(29)30-2)11-23-19(27)17-7-8-18(22)31-17/h4-8,13,15,24,26H,3,9-11H2,1-2H3,(H,23,27)/t13-,15?/m0/s1. The maximum atomic E-state index is 12.3. The van der Waals surface area contributed by atoms with E-state index in [4.69, 9.17) is 16.3 Å². The summed E-state index contributed by atoms with van der Waals surface area (Å²) in [5.41, 5.74) is 1.67. The first kappa shape index (κ1) is 24.5. The van der Waals surface area contributed by atoms with Crippen molar-refractivity contribution in [1.82, 2.24) is 10.0 Å². The Hall–Kier alpha value is -2.11. The molecule has 11 heteroatoms. The highest BCUT2D eigenvalue weighted by Gasteiger charge is 2.32. The molecule has 1 aromatic heterocycles. The van der Waals surface area contributed by atoms with Crippen molar-refractivity contribution in [3.8, 4) is 0 Å². The molecule has 0 aliphatic carbocycles. The lowest BCUT2D eigenvalue weighted by molar-refractivity contribution is -0.142. The van der Waals surface area contributed by atoms with E-state index < -0.39 is 18.1 Å². The van der Waals surface area contributed by atoms with Crippen LogP contribution in [0.2, 0.25) is 4.34 Å². The molecular formula is C21H24ClN3O5S2. The number of methoxy groups -OCH3 is 1. The summed E-state index contributed by atoms with van der Waals surface area (Å²) in [6.07, 6.45) is 0.0791. The summed E-state index contributed by atoms with van der Waals surface area (Å²) in [7, 11) is 1.28. The molecule has 0 radical (unpaired) electrons. The molecule has 3 rings (SSSR count). The number of ether oxygens (including phenoxy) is 1. The molecule has 1 aliphatic heterocycles. The van der Waals surface area contributed by atoms with Crippen molar-refractivity contribution in [2.75, 3.05) is 25.1 Å². The van der Waals surface area contributed by atoms with E-state index in [1.165, 1.54) is 19.1 Å². The number of hydrogen-bond acceptors (Lipinski definition) is 8. The molecule has 32 heavy (non-hydrogen) atoms. The van der Waals surface area contributed by atoms with Crippen molar-refractivity contribution < 1.29 is 24.2 Å². The average molecular weight is 498 g/mol. The predicted molar refractivity (Wildman–Crippen MR) is 125 cm³/mol. The van der Waals surface area contributed by atoms with Crippen molar-refractivity contribution in [1.29, 1.82) is 0 Å². The van der Waals surface area contributed by atoms with Crippen molar-refractivity contribution in [3.63, 3.8) is 0 Å². The molecule has 2 heterocycles. The van der Waals surface area contributed by atoms with Crippen molar-refractivity contribution in [2.45, 2.75) is 36.8 Å². The SMILES string of the molecule is CCc1c(SN[C@@H](CNC(=O)c2ccc(Cl)s2)C(=O)OC)cccc1N1CCC(O)C1=O. The van der Waals surface area contributed by atoms with Gasteiger partial charge in [0.25, 0.3) is 11.8 Å². The summed E-state index contributed by atoms with van der Waals surface area (Å²) in [4.78, 5) is 39.7. The second-order valence-corrected chi connectivity index (χ2v) is 9.61. The number of nitrogens with zero attached hydrogens (tertiary/aromatic N) is 1. The van der Waals surface area contributed by atoms with Crippen molar-refractivity contribution in [2.24, 2.45) is 0 Å². The second kappa shape index (κ2) is 11.2. The van der Waals surface area contributed by atoms with Crippen LogP contribution in [0.3, 0.4) is 0 Å². The third-order valence-electron chi connectivity index (χ3n) is 4.99. The molecule has 3 N–H and O–H groups in total. The lowest BCUT2D eigenvalue weighted by Gasteiger charge is -2.22. The van der Waals surface area contributed by atoms with E-state index in [1.807, 2.05) is 25.1 Å². The summed E-state index contributed by atoms with van der Waals surface area (Å²) in [5.74, 6) is -1.15. The molecule has 2 amide bonds. The Labute approximate surface area is 199 Å². The zero-order chi connectivity index (χ0) is 23.3. The first-order valence-electron chi connectivity index (χ1n) is 10.0. The number of aliphatic hydroxyl groups excluding tert-OH is 1. The Morgan fingerprint density at radius 2 is 2.16 bits per heavy atom. The zero-order valence-electron chi connectivity index (χ0n) is 17.6. The second-order valence-electron chi connectivity index (χ2n) is 7.01. The van der Waals surface area contributed by atoms with Gasteiger partial charge in [-0.25, -0.2) is 4.72 Å². The van der Waals surface area contributed by atoms with Gasteiger partial charge in [0, 0.05) is 30.1 Å². The molecule has 0 bridgehead atoms. The number of carbonyl (C=O) groups is 3. The average Bonchev–Trinajstić information content (AvgIpc) is 3.38. The van der Waals surface area contributed by atoms with E-state index in [0.717, 1.165) is 27.5 Å². The van der Waals surface area contributed by atoms with Crippen LogP contribution >= 0.6 is 34.9 Å². The van der Waals surface area contributed by atoms with E-state index in [0.29, 0.717) is 28.6 Å². The fourth-order valence-corrected chi connectivity index (χ4v) is 5.26. The fraction of sp³-hybridized carbons (Fsp3) is 0.381. The number of nitrogens with one attached hydrogen (secondary N) is 2. The molecular weight excluding hydrogens is 474 g/mol. The maximum absolute atomic E-state index is 12.3. The van der Waals surface area contributed by atoms with Gasteiger partial charge >= 0.3 is 5.97 Å². The van der Waals surface area contributed by atoms with Crippen LogP contribution in [0.1, 0.15) is 28.6 Å². The highest BCUT2D eigenvalue weighted by atomic mass is 35.5. The third-order valence-corrected chi connectivity index (χ3v) is 7.23. The van der Waals surface area contributed by atoms with Crippen LogP contribution in [0.5, 0.6) is 0 Å². The van der Waals surface area contributed by atoms with Gasteiger partial charge in [0.1, 0.15) is 12.1 Å². The van der Waals surface area contributed by atoms with Gasteiger partial charge in [0.05, 0.1) is 16.3 Å². The maximum Gasteiger partial charge on any atom is 0.325 e. The van der Waals surface area contributed by atoms with Crippen LogP contribution in [0.15, 0.2) is 35.2 Å². The molecule has 8 nitrogen and oxygen atoms in total. The molecule has 1 unspecified atom stereocenters. The number of esters is 1. The summed E-state index contributed by atoms with van der Waals surface area (Å²) < 4.78 is 8.43. The van der Waals surface area contributed by atoms with E-state index in [-0.39, 0.29) is 18.4 Å². The monoisotopic (exact) mass is 497 g/mol. The minimum Gasteiger partial charge on any atom is -0.468 e. The van der Waals surface area contributed by atoms with Crippen molar-refractivity contribution in [3.05, 3.63) is 45.1 Å². The molecule has 0 spiro atoms. The van der Waals surface area contributed by atoms with Crippen LogP contribution in [0.4, 0.5) is 5.69 Å². The van der Waals surface area contributed by atoms with Gasteiger partial charge in [-0.05, 0) is 48.2 Å². The number of carbonyl (C=O) groups excluding carboxylic acids is 3. The normalized spacial score (nSPS) is 16.8. The predicted octanol–water partition coefficient (Wildman–Crippen LogP) is 2.63. The smallest absolute Gasteiger partial charge is 0.325 e. The van der Waals surface area contributed by atoms with E-state index in [9.17, 15) is 19.5 Å². The van der Waals surface area contributed by atoms with Gasteiger partial charge < -0.3 is 20.1 Å². The number of halogens is 1. The molecule has 1 aromatic carbocycles. The first-order chi connectivity index (χ1) is 15.3. The minimum atomic E-state index is -0.973. The quantitative estimate of drug-likeness (QED) is 0.361. The Morgan fingerprint density at radius 1 is 1.38 bits per heavy atom. The number of aliphatic hydroxyl groups is 1. The van der Waals surface area contributed by atoms with E-state index in [2.05, 4.69) is 10.0 Å². The summed E-state index contributed by atoms with van der Waals surface area (Å²) in [5, 5.41) is 12.5. The number of hydrogen-bond donors (Lipinski definition) is 3. The summed E-state index contributed by atoms with van der Waals surface area (Å²) >= 11 is 8.25. The first-order valence-corrected chi connectivity index (χ1v) is 12.0. The molecule has 172 valence electrons. The van der Waals surface area contributed by atoms with E-state index >= 15 is 0 Å². The van der Waals surface area contributed by atoms with Gasteiger partial charge in [-0.1, -0.05) is 24.6 Å². The van der Waals surface area contributed by atoms with Crippen LogP contribution in [0, 0.1) is 0 Å². The summed E-state index contributed by atoms with van der Waals surface area (Å²) in [6, 6.07) is 8.02. The van der Waals surface area contributed by atoms with E-state index in [1.54, 1.807) is 17.0 Å².